The van der Waals surface area contributed by atoms with Crippen LogP contribution in [0.5, 0.6) is 0 Å². The Labute approximate surface area is 162 Å². The van der Waals surface area contributed by atoms with Crippen LogP contribution < -0.4 is 29.6 Å². The van der Waals surface area contributed by atoms with Crippen LogP contribution in [0.15, 0.2) is 12.2 Å². The van der Waals surface area contributed by atoms with Gasteiger partial charge in [0.2, 0.25) is 10.4 Å². The van der Waals surface area contributed by atoms with Crippen molar-refractivity contribution in [3.8, 4) is 0 Å². The van der Waals surface area contributed by atoms with Crippen molar-refractivity contribution >= 4 is 16.4 Å². The first-order valence-electron chi connectivity index (χ1n) is 7.85. The first kappa shape index (κ1) is 25.3. The number of carbonyl (C=O) groups excluding carboxylic acids is 1. The summed E-state index contributed by atoms with van der Waals surface area (Å²) in [4.78, 5) is 11.0. The van der Waals surface area contributed by atoms with E-state index in [-0.39, 0.29) is 42.1 Å². The van der Waals surface area contributed by atoms with Gasteiger partial charge < -0.3 is 9.29 Å². The predicted molar refractivity (Wildman–Crippen MR) is 83.0 cm³/mol. The van der Waals surface area contributed by atoms with Crippen molar-refractivity contribution in [2.75, 3.05) is 13.2 Å². The van der Waals surface area contributed by atoms with Crippen LogP contribution in [0.4, 0.5) is 0 Å². The van der Waals surface area contributed by atoms with Gasteiger partial charge in [0.25, 0.3) is 0 Å². The molecule has 0 spiro atoms. The molecule has 8 heteroatoms. The smallest absolute Gasteiger partial charge is 0.726 e. The van der Waals surface area contributed by atoms with E-state index < -0.39 is 10.4 Å². The molecule has 0 aromatic rings. The molecule has 0 radical (unpaired) electrons. The van der Waals surface area contributed by atoms with Crippen molar-refractivity contribution < 1.29 is 56.2 Å². The molecule has 0 heterocycles. The van der Waals surface area contributed by atoms with E-state index in [0.29, 0.717) is 13.0 Å². The predicted octanol–water partition coefficient (Wildman–Crippen LogP) is 0.0974. The Morgan fingerprint density at radius 1 is 0.913 bits per heavy atom. The van der Waals surface area contributed by atoms with Gasteiger partial charge in [0.15, 0.2) is 0 Å². The number of hydrogen-bond acceptors (Lipinski definition) is 6. The molecule has 23 heavy (non-hydrogen) atoms. The van der Waals surface area contributed by atoms with Crippen molar-refractivity contribution in [1.82, 2.24) is 0 Å². The number of rotatable bonds is 14. The minimum absolute atomic E-state index is 0. The fourth-order valence-electron chi connectivity index (χ4n) is 1.96. The maximum atomic E-state index is 11.0. The van der Waals surface area contributed by atoms with Gasteiger partial charge in [0, 0.05) is 6.08 Å². The fourth-order valence-corrected chi connectivity index (χ4v) is 2.28. The van der Waals surface area contributed by atoms with Gasteiger partial charge in [0.05, 0.1) is 13.2 Å². The minimum atomic E-state index is -4.53. The molecule has 0 fully saturated rings. The van der Waals surface area contributed by atoms with Gasteiger partial charge in [-0.1, -0.05) is 51.0 Å². The van der Waals surface area contributed by atoms with E-state index in [9.17, 15) is 17.8 Å². The number of hydrogen-bond donors (Lipinski definition) is 0. The molecule has 0 aromatic heterocycles. The van der Waals surface area contributed by atoms with Crippen molar-refractivity contribution in [2.24, 2.45) is 0 Å². The Hall–Kier alpha value is 0.0800. The zero-order valence-electron chi connectivity index (χ0n) is 14.3. The SMILES string of the molecule is C/C=C/C(=O)OCCCCCCCCCCCOS(=O)(=O)[O-].[Na+]. The standard InChI is InChI=1S/C15H28O6S.Na/c1-2-12-15(16)20-13-10-8-6-4-3-5-7-9-11-14-21-22(17,18)19;/h2,12H,3-11,13-14H2,1H3,(H,17,18,19);/q;+1/p-1/b12-2+;. The molecule has 0 aromatic carbocycles. The van der Waals surface area contributed by atoms with Gasteiger partial charge in [-0.15, -0.1) is 0 Å². The number of carbonyl (C=O) groups is 1. The maximum absolute atomic E-state index is 11.0. The Bertz CT molecular complexity index is 408. The first-order valence-corrected chi connectivity index (χ1v) is 9.18. The third-order valence-corrected chi connectivity index (χ3v) is 3.52. The van der Waals surface area contributed by atoms with Gasteiger partial charge in [-0.3, -0.25) is 4.18 Å². The Morgan fingerprint density at radius 2 is 1.35 bits per heavy atom. The second-order valence-corrected chi connectivity index (χ2v) is 6.13. The number of ether oxygens (including phenoxy) is 1. The van der Waals surface area contributed by atoms with E-state index in [2.05, 4.69) is 4.18 Å². The third-order valence-electron chi connectivity index (χ3n) is 3.06. The molecule has 0 unspecified atom stereocenters. The summed E-state index contributed by atoms with van der Waals surface area (Å²) in [5.74, 6) is -0.281. The molecular weight excluding hydrogens is 331 g/mol. The van der Waals surface area contributed by atoms with Gasteiger partial charge >= 0.3 is 35.5 Å². The van der Waals surface area contributed by atoms with Crippen molar-refractivity contribution in [2.45, 2.75) is 64.7 Å². The Balaban J connectivity index is 0. The quantitative estimate of drug-likeness (QED) is 0.109. The summed E-state index contributed by atoms with van der Waals surface area (Å²) >= 11 is 0. The molecule has 130 valence electrons. The summed E-state index contributed by atoms with van der Waals surface area (Å²) in [6.07, 6.45) is 12.0. The summed E-state index contributed by atoms with van der Waals surface area (Å²) < 4.78 is 39.6. The summed E-state index contributed by atoms with van der Waals surface area (Å²) in [5.41, 5.74) is 0. The molecule has 0 N–H and O–H groups in total. The van der Waals surface area contributed by atoms with Crippen molar-refractivity contribution in [1.29, 1.82) is 0 Å². The van der Waals surface area contributed by atoms with Crippen LogP contribution in [0.3, 0.4) is 0 Å². The minimum Gasteiger partial charge on any atom is -0.726 e. The second kappa shape index (κ2) is 16.9. The molecule has 0 rings (SSSR count). The maximum Gasteiger partial charge on any atom is 1.00 e. The molecule has 0 atom stereocenters. The van der Waals surface area contributed by atoms with Gasteiger partial charge in [-0.25, -0.2) is 13.2 Å². The van der Waals surface area contributed by atoms with E-state index in [1.165, 1.54) is 6.08 Å². The van der Waals surface area contributed by atoms with Crippen LogP contribution in [0.25, 0.3) is 0 Å². The van der Waals surface area contributed by atoms with Crippen molar-refractivity contribution in [3.63, 3.8) is 0 Å². The molecule has 0 amide bonds. The zero-order valence-corrected chi connectivity index (χ0v) is 17.1. The van der Waals surface area contributed by atoms with Gasteiger partial charge in [0.1, 0.15) is 0 Å². The van der Waals surface area contributed by atoms with Crippen LogP contribution in [-0.2, 0) is 24.1 Å². The summed E-state index contributed by atoms with van der Waals surface area (Å²) in [6, 6.07) is 0. The summed E-state index contributed by atoms with van der Waals surface area (Å²) in [6.45, 7) is 2.24. The van der Waals surface area contributed by atoms with Gasteiger partial charge in [-0.2, -0.15) is 0 Å². The molecule has 0 aliphatic rings. The van der Waals surface area contributed by atoms with E-state index in [4.69, 9.17) is 4.74 Å². The van der Waals surface area contributed by atoms with E-state index in [1.54, 1.807) is 13.0 Å². The Morgan fingerprint density at radius 3 is 1.78 bits per heavy atom. The van der Waals surface area contributed by atoms with Crippen LogP contribution in [0.2, 0.25) is 0 Å². The van der Waals surface area contributed by atoms with Crippen LogP contribution in [-0.4, -0.2) is 32.2 Å². The average Bonchev–Trinajstić information content (AvgIpc) is 2.43. The molecule has 0 saturated heterocycles. The second-order valence-electron chi connectivity index (χ2n) is 5.08. The van der Waals surface area contributed by atoms with E-state index in [1.807, 2.05) is 0 Å². The fraction of sp³-hybridized carbons (Fsp3) is 0.800. The molecule has 0 aliphatic heterocycles. The van der Waals surface area contributed by atoms with E-state index in [0.717, 1.165) is 51.4 Å². The van der Waals surface area contributed by atoms with E-state index >= 15 is 0 Å². The molecular formula is C15H27NaO6S. The van der Waals surface area contributed by atoms with Crippen LogP contribution in [0.1, 0.15) is 64.7 Å². The average molecular weight is 358 g/mol. The molecule has 0 bridgehead atoms. The first-order chi connectivity index (χ1) is 10.5. The molecule has 6 nitrogen and oxygen atoms in total. The van der Waals surface area contributed by atoms with Crippen molar-refractivity contribution in [3.05, 3.63) is 12.2 Å². The number of unbranched alkanes of at least 4 members (excludes halogenated alkanes) is 8. The normalized spacial score (nSPS) is 11.4. The summed E-state index contributed by atoms with van der Waals surface area (Å²) in [5, 5.41) is 0. The third kappa shape index (κ3) is 22.1. The number of allylic oxidation sites excluding steroid dienone is 1. The topological polar surface area (TPSA) is 92.7 Å². The number of esters is 1. The van der Waals surface area contributed by atoms with Gasteiger partial charge in [-0.05, 0) is 19.8 Å². The molecule has 0 aliphatic carbocycles. The van der Waals surface area contributed by atoms with Crippen LogP contribution >= 0.6 is 0 Å². The monoisotopic (exact) mass is 358 g/mol. The summed E-state index contributed by atoms with van der Waals surface area (Å²) in [7, 11) is -4.53. The van der Waals surface area contributed by atoms with Crippen LogP contribution in [0, 0.1) is 0 Å². The largest absolute Gasteiger partial charge is 1.00 e. The molecule has 0 saturated carbocycles. The zero-order chi connectivity index (χ0) is 16.7. The Kier molecular flexibility index (Phi) is 18.6.